The highest BCUT2D eigenvalue weighted by atomic mass is 35.5. The van der Waals surface area contributed by atoms with Gasteiger partial charge in [-0.1, -0.05) is 18.5 Å². The summed E-state index contributed by atoms with van der Waals surface area (Å²) in [5.74, 6) is -1.45. The van der Waals surface area contributed by atoms with E-state index in [1.165, 1.54) is 6.26 Å². The van der Waals surface area contributed by atoms with Crippen molar-refractivity contribution in [1.82, 2.24) is 25.0 Å². The van der Waals surface area contributed by atoms with Crippen LogP contribution in [0.2, 0.25) is 5.02 Å². The zero-order valence-corrected chi connectivity index (χ0v) is 26.5. The largest absolute Gasteiger partial charge is 0.459 e. The van der Waals surface area contributed by atoms with Gasteiger partial charge in [0.1, 0.15) is 0 Å². The summed E-state index contributed by atoms with van der Waals surface area (Å²) in [6, 6.07) is 9.05. The number of nitrogens with one attached hydrogen (secondary N) is 2. The highest BCUT2D eigenvalue weighted by Crippen LogP contribution is 2.52. The number of nitrogens with zero attached hydrogens (tertiary/aromatic N) is 3. The molecule has 0 saturated carbocycles. The lowest BCUT2D eigenvalue weighted by Gasteiger charge is -2.56. The van der Waals surface area contributed by atoms with E-state index >= 15 is 0 Å². The summed E-state index contributed by atoms with van der Waals surface area (Å²) >= 11 is 6.40. The first-order valence-electron chi connectivity index (χ1n) is 15.5. The quantitative estimate of drug-likeness (QED) is 0.440. The molecule has 2 aromatic heterocycles. The van der Waals surface area contributed by atoms with Gasteiger partial charge in [0.15, 0.2) is 5.76 Å². The fraction of sp³-hybridized carbons (Fsp3) is 0.515. The Balaban J connectivity index is 1.35. The van der Waals surface area contributed by atoms with E-state index in [2.05, 4.69) is 10.3 Å². The standard InChI is InChI=1S/C33H40ClN5O5/c1-5-33-24(30(42)37-12-14-38(15-13-37)31(43)26-7-6-16-44-26)17-20(18-27(40)36-32(2,3)4)29(41)39(33)11-10-22-23-19-21(34)8-9-25(23)35-28(22)33/h6-9,16,19-20,24,35H,5,10-15,17-18H2,1-4H3,(H,36,40)/t20-,24-,33+/m1/s1. The summed E-state index contributed by atoms with van der Waals surface area (Å²) in [7, 11) is 0. The molecule has 1 aromatic carbocycles. The van der Waals surface area contributed by atoms with Crippen LogP contribution < -0.4 is 5.32 Å². The van der Waals surface area contributed by atoms with Crippen LogP contribution in [0, 0.1) is 11.8 Å². The molecular formula is C33H40ClN5O5. The molecule has 2 N–H and O–H groups in total. The molecule has 0 spiro atoms. The Hall–Kier alpha value is -3.79. The van der Waals surface area contributed by atoms with E-state index in [1.807, 2.05) is 55.7 Å². The third-order valence-corrected chi connectivity index (χ3v) is 9.71. The molecule has 3 aliphatic rings. The number of aromatic amines is 1. The first-order chi connectivity index (χ1) is 20.9. The molecular weight excluding hydrogens is 582 g/mol. The van der Waals surface area contributed by atoms with Crippen LogP contribution >= 0.6 is 11.6 Å². The van der Waals surface area contributed by atoms with Crippen molar-refractivity contribution in [3.8, 4) is 0 Å². The Morgan fingerprint density at radius 2 is 1.82 bits per heavy atom. The Labute approximate surface area is 262 Å². The second-order valence-electron chi connectivity index (χ2n) is 13.3. The molecule has 3 aliphatic heterocycles. The molecule has 2 fully saturated rings. The highest BCUT2D eigenvalue weighted by molar-refractivity contribution is 6.31. The smallest absolute Gasteiger partial charge is 0.289 e. The van der Waals surface area contributed by atoms with Gasteiger partial charge in [-0.15, -0.1) is 0 Å². The number of piperidine rings is 1. The Bertz CT molecular complexity index is 1600. The summed E-state index contributed by atoms with van der Waals surface area (Å²) in [6.07, 6.45) is 2.92. The van der Waals surface area contributed by atoms with E-state index in [1.54, 1.807) is 17.0 Å². The van der Waals surface area contributed by atoms with Gasteiger partial charge in [-0.25, -0.2) is 0 Å². The number of amides is 4. The molecule has 11 heteroatoms. The molecule has 3 aromatic rings. The van der Waals surface area contributed by atoms with E-state index in [0.29, 0.717) is 50.6 Å². The summed E-state index contributed by atoms with van der Waals surface area (Å²) in [4.78, 5) is 63.8. The number of benzene rings is 1. The van der Waals surface area contributed by atoms with Gasteiger partial charge in [-0.2, -0.15) is 0 Å². The number of H-pyrrole nitrogens is 1. The molecule has 0 unspecified atom stereocenters. The number of fused-ring (bicyclic) bond motifs is 5. The molecule has 3 atom stereocenters. The highest BCUT2D eigenvalue weighted by Gasteiger charge is 2.59. The average Bonchev–Trinajstić information content (AvgIpc) is 3.65. The fourth-order valence-corrected chi connectivity index (χ4v) is 7.74. The van der Waals surface area contributed by atoms with Crippen molar-refractivity contribution in [2.45, 2.75) is 64.5 Å². The summed E-state index contributed by atoms with van der Waals surface area (Å²) in [5.41, 5.74) is 1.56. The zero-order chi connectivity index (χ0) is 31.4. The maximum atomic E-state index is 14.7. The second-order valence-corrected chi connectivity index (χ2v) is 13.7. The lowest BCUT2D eigenvalue weighted by atomic mass is 9.65. The third kappa shape index (κ3) is 5.16. The number of hydrogen-bond acceptors (Lipinski definition) is 5. The van der Waals surface area contributed by atoms with E-state index in [9.17, 15) is 19.2 Å². The number of furan rings is 1. The number of halogens is 1. The van der Waals surface area contributed by atoms with E-state index in [0.717, 1.165) is 22.2 Å². The van der Waals surface area contributed by atoms with Crippen molar-refractivity contribution >= 4 is 46.1 Å². The number of rotatable bonds is 5. The van der Waals surface area contributed by atoms with Gasteiger partial charge in [0, 0.05) is 72.2 Å². The van der Waals surface area contributed by atoms with Gasteiger partial charge in [-0.3, -0.25) is 19.2 Å². The SMILES string of the molecule is CC[C@]12c3[nH]c4ccc(Cl)cc4c3CCN1C(=O)[C@@H](CC(=O)NC(C)(C)C)C[C@@H]2C(=O)N1CCN(C(=O)c2ccco2)CC1. The number of aromatic nitrogens is 1. The van der Waals surface area contributed by atoms with Crippen LogP contribution in [0.25, 0.3) is 10.9 Å². The summed E-state index contributed by atoms with van der Waals surface area (Å²) < 4.78 is 5.30. The van der Waals surface area contributed by atoms with Gasteiger partial charge < -0.3 is 29.4 Å². The lowest BCUT2D eigenvalue weighted by Crippen LogP contribution is -2.66. The maximum Gasteiger partial charge on any atom is 0.289 e. The van der Waals surface area contributed by atoms with Crippen molar-refractivity contribution in [2.24, 2.45) is 11.8 Å². The first kappa shape index (κ1) is 30.2. The molecule has 234 valence electrons. The summed E-state index contributed by atoms with van der Waals surface area (Å²) in [6.45, 7) is 9.72. The fourth-order valence-electron chi connectivity index (χ4n) is 7.57. The van der Waals surface area contributed by atoms with Gasteiger partial charge in [0.25, 0.3) is 5.91 Å². The van der Waals surface area contributed by atoms with Crippen molar-refractivity contribution in [1.29, 1.82) is 0 Å². The molecule has 0 bridgehead atoms. The van der Waals surface area contributed by atoms with Crippen LogP contribution in [0.3, 0.4) is 0 Å². The molecule has 4 amide bonds. The number of hydrogen-bond donors (Lipinski definition) is 2. The molecule has 2 saturated heterocycles. The minimum atomic E-state index is -0.897. The Morgan fingerprint density at radius 1 is 1.09 bits per heavy atom. The topological polar surface area (TPSA) is 119 Å². The summed E-state index contributed by atoms with van der Waals surface area (Å²) in [5, 5.41) is 4.63. The van der Waals surface area contributed by atoms with Crippen LogP contribution in [-0.4, -0.2) is 81.6 Å². The number of carbonyl (C=O) groups is 4. The van der Waals surface area contributed by atoms with Crippen LogP contribution in [0.1, 0.15) is 68.8 Å². The molecule has 10 nitrogen and oxygen atoms in total. The van der Waals surface area contributed by atoms with Gasteiger partial charge in [0.2, 0.25) is 17.7 Å². The molecule has 5 heterocycles. The normalized spacial score (nSPS) is 23.8. The lowest BCUT2D eigenvalue weighted by molar-refractivity contribution is -0.167. The van der Waals surface area contributed by atoms with Gasteiger partial charge in [-0.05, 0) is 75.9 Å². The second kappa shape index (κ2) is 11.3. The van der Waals surface area contributed by atoms with Crippen molar-refractivity contribution in [3.63, 3.8) is 0 Å². The van der Waals surface area contributed by atoms with E-state index in [4.69, 9.17) is 16.0 Å². The van der Waals surface area contributed by atoms with E-state index in [-0.39, 0.29) is 42.2 Å². The monoisotopic (exact) mass is 621 g/mol. The van der Waals surface area contributed by atoms with Gasteiger partial charge >= 0.3 is 0 Å². The Kier molecular flexibility index (Phi) is 7.76. The number of carbonyl (C=O) groups excluding carboxylic acids is 4. The molecule has 0 radical (unpaired) electrons. The third-order valence-electron chi connectivity index (χ3n) is 9.47. The molecule has 6 rings (SSSR count). The van der Waals surface area contributed by atoms with Crippen molar-refractivity contribution < 1.29 is 23.6 Å². The number of piperazine rings is 1. The van der Waals surface area contributed by atoms with Gasteiger partial charge in [0.05, 0.1) is 17.7 Å². The minimum absolute atomic E-state index is 0.0246. The van der Waals surface area contributed by atoms with Crippen LogP contribution in [0.15, 0.2) is 41.0 Å². The van der Waals surface area contributed by atoms with E-state index < -0.39 is 22.9 Å². The van der Waals surface area contributed by atoms with Crippen LogP contribution in [0.4, 0.5) is 0 Å². The average molecular weight is 622 g/mol. The predicted molar refractivity (Wildman–Crippen MR) is 166 cm³/mol. The molecule has 0 aliphatic carbocycles. The van der Waals surface area contributed by atoms with Crippen molar-refractivity contribution in [3.05, 3.63) is 58.6 Å². The zero-order valence-electron chi connectivity index (χ0n) is 25.7. The first-order valence-corrected chi connectivity index (χ1v) is 15.9. The maximum absolute atomic E-state index is 14.7. The van der Waals surface area contributed by atoms with Crippen LogP contribution in [0.5, 0.6) is 0 Å². The molecule has 44 heavy (non-hydrogen) atoms. The Morgan fingerprint density at radius 3 is 2.48 bits per heavy atom. The van der Waals surface area contributed by atoms with Crippen LogP contribution in [-0.2, 0) is 26.3 Å². The predicted octanol–water partition coefficient (Wildman–Crippen LogP) is 4.33. The minimum Gasteiger partial charge on any atom is -0.459 e. The van der Waals surface area contributed by atoms with Crippen molar-refractivity contribution in [2.75, 3.05) is 32.7 Å².